The van der Waals surface area contributed by atoms with Crippen LogP contribution in [0.1, 0.15) is 44.9 Å². The van der Waals surface area contributed by atoms with Gasteiger partial charge in [0.15, 0.2) is 5.96 Å². The van der Waals surface area contributed by atoms with Crippen molar-refractivity contribution in [2.75, 3.05) is 26.7 Å². The fourth-order valence-electron chi connectivity index (χ4n) is 3.83. The average Bonchev–Trinajstić information content (AvgIpc) is 3.25. The van der Waals surface area contributed by atoms with Crippen LogP contribution in [0.4, 0.5) is 0 Å². The zero-order valence-corrected chi connectivity index (χ0v) is 20.9. The van der Waals surface area contributed by atoms with Crippen molar-refractivity contribution in [3.63, 3.8) is 0 Å². The fraction of sp³-hybridized carbons (Fsp3) is 0.522. The molecule has 0 spiro atoms. The highest BCUT2D eigenvalue weighted by molar-refractivity contribution is 14.0. The van der Waals surface area contributed by atoms with Crippen molar-refractivity contribution in [3.8, 4) is 11.3 Å². The van der Waals surface area contributed by atoms with Gasteiger partial charge in [-0.25, -0.2) is 4.98 Å². The number of aliphatic imine (C=N–C) groups is 1. The molecule has 170 valence electrons. The van der Waals surface area contributed by atoms with Crippen molar-refractivity contribution in [2.24, 2.45) is 10.9 Å². The van der Waals surface area contributed by atoms with Crippen molar-refractivity contribution in [1.29, 1.82) is 0 Å². The molecule has 7 nitrogen and oxygen atoms in total. The number of halogens is 1. The molecule has 0 unspecified atom stereocenters. The number of nitrogens with one attached hydrogen (secondary N) is 3. The number of nitrogens with zero attached hydrogens (tertiary/aromatic N) is 3. The third-order valence-electron chi connectivity index (χ3n) is 5.45. The summed E-state index contributed by atoms with van der Waals surface area (Å²) in [6.45, 7) is 4.57. The molecule has 3 N–H and O–H groups in total. The number of amides is 1. The average molecular weight is 538 g/mol. The number of aromatic nitrogens is 2. The molecule has 0 radical (unpaired) electrons. The molecule has 1 aromatic heterocycles. The Morgan fingerprint density at radius 2 is 1.94 bits per heavy atom. The highest BCUT2D eigenvalue weighted by Crippen LogP contribution is 2.23. The van der Waals surface area contributed by atoms with Crippen molar-refractivity contribution in [3.05, 3.63) is 42.4 Å². The van der Waals surface area contributed by atoms with E-state index in [0.29, 0.717) is 19.6 Å². The van der Waals surface area contributed by atoms with E-state index in [9.17, 15) is 4.79 Å². The van der Waals surface area contributed by atoms with Crippen LogP contribution in [0.15, 0.2) is 41.5 Å². The van der Waals surface area contributed by atoms with Gasteiger partial charge < -0.3 is 20.5 Å². The highest BCUT2D eigenvalue weighted by Gasteiger charge is 2.20. The van der Waals surface area contributed by atoms with E-state index in [2.05, 4.69) is 44.7 Å². The third-order valence-corrected chi connectivity index (χ3v) is 5.45. The molecule has 0 atom stereocenters. The van der Waals surface area contributed by atoms with Crippen LogP contribution in [0.25, 0.3) is 11.3 Å². The molecular weight excluding hydrogens is 503 g/mol. The molecule has 0 saturated heterocycles. The molecule has 1 heterocycles. The summed E-state index contributed by atoms with van der Waals surface area (Å²) in [4.78, 5) is 26.9. The summed E-state index contributed by atoms with van der Waals surface area (Å²) in [7, 11) is 1.99. The minimum Gasteiger partial charge on any atom is -0.357 e. The highest BCUT2D eigenvalue weighted by atomic mass is 127. The second kappa shape index (κ2) is 13.3. The molecule has 1 saturated carbocycles. The van der Waals surface area contributed by atoms with E-state index in [-0.39, 0.29) is 35.8 Å². The molecular formula is C23H35IN6O. The third kappa shape index (κ3) is 7.83. The molecule has 0 aliphatic heterocycles. The summed E-state index contributed by atoms with van der Waals surface area (Å²) in [5, 5.41) is 6.36. The Morgan fingerprint density at radius 1 is 1.19 bits per heavy atom. The maximum atomic E-state index is 12.3. The first-order valence-electron chi connectivity index (χ1n) is 11.0. The number of guanidine groups is 1. The van der Waals surface area contributed by atoms with Gasteiger partial charge in [-0.1, -0.05) is 49.6 Å². The number of benzene rings is 1. The first kappa shape index (κ1) is 25.2. The Hall–Kier alpha value is -2.10. The molecule has 1 aliphatic carbocycles. The van der Waals surface area contributed by atoms with Crippen molar-refractivity contribution < 1.29 is 4.79 Å². The number of hydrogen-bond acceptors (Lipinski definition) is 3. The lowest BCUT2D eigenvalue weighted by Crippen LogP contribution is -2.39. The van der Waals surface area contributed by atoms with Crippen molar-refractivity contribution in [2.45, 2.75) is 45.6 Å². The van der Waals surface area contributed by atoms with E-state index in [1.807, 2.05) is 36.3 Å². The number of rotatable bonds is 8. The molecule has 2 aromatic rings. The van der Waals surface area contributed by atoms with E-state index >= 15 is 0 Å². The standard InChI is InChI=1S/C23H34N6O.HI/c1-3-24-23(26-15-14-25-22(30)19-12-8-5-9-13-19)29(2)17-21-27-16-20(28-21)18-10-6-4-7-11-18;/h4,6-7,10-11,16,19H,3,5,8-9,12-15,17H2,1-2H3,(H,24,26)(H,25,30)(H,27,28);1H. The monoisotopic (exact) mass is 538 g/mol. The lowest BCUT2D eigenvalue weighted by Gasteiger charge is -2.22. The summed E-state index contributed by atoms with van der Waals surface area (Å²) in [6.07, 6.45) is 7.51. The van der Waals surface area contributed by atoms with Gasteiger partial charge in [0.05, 0.1) is 25.0 Å². The van der Waals surface area contributed by atoms with E-state index < -0.39 is 0 Å². The summed E-state index contributed by atoms with van der Waals surface area (Å²) < 4.78 is 0. The Kier molecular flexibility index (Phi) is 10.8. The van der Waals surface area contributed by atoms with Gasteiger partial charge in [-0.2, -0.15) is 0 Å². The summed E-state index contributed by atoms with van der Waals surface area (Å²) >= 11 is 0. The van der Waals surface area contributed by atoms with Gasteiger partial charge in [-0.3, -0.25) is 9.79 Å². The fourth-order valence-corrected chi connectivity index (χ4v) is 3.83. The first-order valence-corrected chi connectivity index (χ1v) is 11.0. The van der Waals surface area contributed by atoms with Gasteiger partial charge in [0.1, 0.15) is 5.82 Å². The number of aromatic amines is 1. The van der Waals surface area contributed by atoms with Gasteiger partial charge in [0.2, 0.25) is 5.91 Å². The van der Waals surface area contributed by atoms with Crippen LogP contribution in [0.5, 0.6) is 0 Å². The SMILES string of the molecule is CCNC(=NCCNC(=O)C1CCCCC1)N(C)Cc1ncc(-c2ccccc2)[nH]1.I. The largest absolute Gasteiger partial charge is 0.357 e. The minimum atomic E-state index is 0. The lowest BCUT2D eigenvalue weighted by atomic mass is 9.89. The summed E-state index contributed by atoms with van der Waals surface area (Å²) in [5.41, 5.74) is 2.12. The van der Waals surface area contributed by atoms with Gasteiger partial charge >= 0.3 is 0 Å². The Labute approximate surface area is 202 Å². The lowest BCUT2D eigenvalue weighted by molar-refractivity contribution is -0.125. The van der Waals surface area contributed by atoms with Crippen LogP contribution in [0.2, 0.25) is 0 Å². The van der Waals surface area contributed by atoms with E-state index in [4.69, 9.17) is 0 Å². The molecule has 0 bridgehead atoms. The van der Waals surface area contributed by atoms with E-state index in [1.54, 1.807) is 0 Å². The molecule has 1 aromatic carbocycles. The maximum absolute atomic E-state index is 12.3. The number of H-pyrrole nitrogens is 1. The molecule has 3 rings (SSSR count). The second-order valence-corrected chi connectivity index (χ2v) is 7.83. The number of imidazole rings is 1. The van der Waals surface area contributed by atoms with Gasteiger partial charge in [-0.05, 0) is 25.3 Å². The quantitative estimate of drug-likeness (QED) is 0.207. The van der Waals surface area contributed by atoms with Crippen molar-refractivity contribution >= 4 is 35.8 Å². The summed E-state index contributed by atoms with van der Waals surface area (Å²) in [5.74, 6) is 2.07. The first-order chi connectivity index (χ1) is 14.7. The van der Waals surface area contributed by atoms with Gasteiger partial charge in [-0.15, -0.1) is 24.0 Å². The molecule has 31 heavy (non-hydrogen) atoms. The number of carbonyl (C=O) groups excluding carboxylic acids is 1. The van der Waals surface area contributed by atoms with Crippen LogP contribution in [0, 0.1) is 5.92 Å². The Balaban J connectivity index is 0.00000341. The Bertz CT molecular complexity index is 816. The van der Waals surface area contributed by atoms with E-state index in [0.717, 1.165) is 42.4 Å². The number of carbonyl (C=O) groups is 1. The zero-order chi connectivity index (χ0) is 21.2. The molecule has 1 aliphatic rings. The van der Waals surface area contributed by atoms with E-state index in [1.165, 1.54) is 19.3 Å². The second-order valence-electron chi connectivity index (χ2n) is 7.83. The van der Waals surface area contributed by atoms with Gasteiger partial charge in [0, 0.05) is 26.1 Å². The van der Waals surface area contributed by atoms with Crippen molar-refractivity contribution in [1.82, 2.24) is 25.5 Å². The Morgan fingerprint density at radius 3 is 2.65 bits per heavy atom. The summed E-state index contributed by atoms with van der Waals surface area (Å²) in [6, 6.07) is 10.2. The van der Waals surface area contributed by atoms with Crippen LogP contribution < -0.4 is 10.6 Å². The topological polar surface area (TPSA) is 85.4 Å². The van der Waals surface area contributed by atoms with Crippen LogP contribution in [-0.2, 0) is 11.3 Å². The van der Waals surface area contributed by atoms with Crippen LogP contribution in [-0.4, -0.2) is 53.4 Å². The molecule has 8 heteroatoms. The molecule has 1 fully saturated rings. The van der Waals surface area contributed by atoms with Crippen LogP contribution >= 0.6 is 24.0 Å². The normalized spacial score (nSPS) is 14.6. The molecule has 1 amide bonds. The predicted molar refractivity (Wildman–Crippen MR) is 136 cm³/mol. The predicted octanol–water partition coefficient (Wildman–Crippen LogP) is 3.79. The van der Waals surface area contributed by atoms with Crippen LogP contribution in [0.3, 0.4) is 0 Å². The van der Waals surface area contributed by atoms with Gasteiger partial charge in [0.25, 0.3) is 0 Å². The smallest absolute Gasteiger partial charge is 0.223 e. The maximum Gasteiger partial charge on any atom is 0.223 e. The minimum absolute atomic E-state index is 0. The number of hydrogen-bond donors (Lipinski definition) is 3. The zero-order valence-electron chi connectivity index (χ0n) is 18.6.